The third-order valence-corrected chi connectivity index (χ3v) is 17.4. The molecule has 0 bridgehead atoms. The quantitative estimate of drug-likeness (QED) is 0.152. The number of furan rings is 2. The Morgan fingerprint density at radius 1 is 0.329 bits per heavy atom. The van der Waals surface area contributed by atoms with E-state index in [1.807, 2.05) is 0 Å². The number of nitrogens with zero attached hydrogens (tertiary/aromatic N) is 2. The van der Waals surface area contributed by atoms with Crippen LogP contribution in [0.2, 0.25) is 0 Å². The maximum absolute atomic E-state index is 6.94. The van der Waals surface area contributed by atoms with Gasteiger partial charge in [0.15, 0.2) is 11.2 Å². The minimum absolute atomic E-state index is 0.388. The highest BCUT2D eigenvalue weighted by atomic mass is 16.3. The van der Waals surface area contributed by atoms with Crippen LogP contribution in [-0.4, -0.2) is 0 Å². The topological polar surface area (TPSA) is 32.8 Å². The fraction of sp³-hybridized carbons (Fsp3) is 0.0933. The van der Waals surface area contributed by atoms with Gasteiger partial charge in [-0.15, -0.1) is 0 Å². The van der Waals surface area contributed by atoms with Crippen LogP contribution < -0.4 is 9.80 Å². The molecule has 1 spiro atoms. The minimum atomic E-state index is -0.678. The van der Waals surface area contributed by atoms with E-state index < -0.39 is 5.41 Å². The van der Waals surface area contributed by atoms with Crippen molar-refractivity contribution in [3.05, 3.63) is 276 Å². The summed E-state index contributed by atoms with van der Waals surface area (Å²) in [5.41, 5.74) is 21.9. The van der Waals surface area contributed by atoms with E-state index in [2.05, 4.69) is 280 Å². The zero-order valence-corrected chi connectivity index (χ0v) is 44.5. The zero-order chi connectivity index (χ0) is 52.7. The molecule has 376 valence electrons. The average Bonchev–Trinajstić information content (AvgIpc) is 3.50. The third kappa shape index (κ3) is 6.49. The van der Waals surface area contributed by atoms with Crippen molar-refractivity contribution < 1.29 is 8.83 Å². The Balaban J connectivity index is 0.980. The van der Waals surface area contributed by atoms with Gasteiger partial charge >= 0.3 is 0 Å². The Hall–Kier alpha value is -9.64. The second kappa shape index (κ2) is 17.2. The molecule has 4 nitrogen and oxygen atoms in total. The van der Waals surface area contributed by atoms with Gasteiger partial charge in [0.1, 0.15) is 11.2 Å². The van der Waals surface area contributed by atoms with Crippen LogP contribution >= 0.6 is 0 Å². The van der Waals surface area contributed by atoms with Gasteiger partial charge in [-0.1, -0.05) is 204 Å². The lowest BCUT2D eigenvalue weighted by atomic mass is 9.69. The molecular weight excluding hydrogens is 961 g/mol. The molecule has 12 aromatic carbocycles. The molecular formula is C75H54N2O2. The molecule has 79 heavy (non-hydrogen) atoms. The number of hydrogen-bond donors (Lipinski definition) is 0. The van der Waals surface area contributed by atoms with E-state index in [0.717, 1.165) is 78.0 Å². The molecule has 2 aromatic heterocycles. The number of fused-ring (bicyclic) bond motifs is 20. The van der Waals surface area contributed by atoms with Crippen molar-refractivity contribution in [2.75, 3.05) is 9.80 Å². The van der Waals surface area contributed by atoms with Gasteiger partial charge in [0, 0.05) is 44.0 Å². The molecule has 0 saturated heterocycles. The second-order valence-corrected chi connectivity index (χ2v) is 22.3. The molecule has 0 amide bonds. The van der Waals surface area contributed by atoms with Crippen LogP contribution in [0.4, 0.5) is 34.1 Å². The average molecular weight is 1020 g/mol. The first-order valence-corrected chi connectivity index (χ1v) is 27.8. The molecule has 0 atom stereocenters. The second-order valence-electron chi connectivity index (χ2n) is 22.3. The van der Waals surface area contributed by atoms with Crippen LogP contribution in [-0.2, 0) is 5.41 Å². The summed E-state index contributed by atoms with van der Waals surface area (Å²) in [5.74, 6) is 0.795. The summed E-state index contributed by atoms with van der Waals surface area (Å²) in [6.45, 7) is 9.03. The van der Waals surface area contributed by atoms with Crippen molar-refractivity contribution in [3.63, 3.8) is 0 Å². The standard InChI is InChI=1S/C75H54N2O2/c1-45(2)47-31-36-50(37-32-47)76(66-27-15-23-60-57-20-9-13-29-69(57)78-73(60)66)52-40-42-53-49(43-52)35-41-62-71-59-22-6-5-19-56(59)68(44-65(71)75(72(53)62)63-25-11-7-17-54(63)55-18-8-12-26-64(55)75)77(51-38-33-48(34-39-51)46(3)4)67-28-16-24-61-58-21-10-14-30-70(58)79-74(61)67/h5-46H,1-4H3. The fourth-order valence-corrected chi connectivity index (χ4v) is 13.8. The van der Waals surface area contributed by atoms with Gasteiger partial charge in [-0.2, -0.15) is 0 Å². The number of hydrogen-bond acceptors (Lipinski definition) is 4. The maximum atomic E-state index is 6.94. The highest BCUT2D eigenvalue weighted by Gasteiger charge is 2.53. The molecule has 0 unspecified atom stereocenters. The Labute approximate surface area is 459 Å². The molecule has 2 aliphatic carbocycles. The third-order valence-electron chi connectivity index (χ3n) is 17.4. The first-order valence-electron chi connectivity index (χ1n) is 27.8. The summed E-state index contributed by atoms with van der Waals surface area (Å²) in [6.07, 6.45) is 0. The Bertz CT molecular complexity index is 4760. The SMILES string of the molecule is CC(C)c1ccc(N(c2ccc3c4c(ccc3c2)-c2c(cc(N(c3ccc(C(C)C)cc3)c3cccc5c3oc3ccccc35)c3ccccc23)C42c3ccccc3-c3ccccc32)c2cccc3c2oc2ccccc23)cc1. The van der Waals surface area contributed by atoms with E-state index in [1.165, 1.54) is 77.2 Å². The highest BCUT2D eigenvalue weighted by Crippen LogP contribution is 2.66. The summed E-state index contributed by atoms with van der Waals surface area (Å²) >= 11 is 0. The molecule has 0 radical (unpaired) electrons. The van der Waals surface area contributed by atoms with Crippen LogP contribution in [0.5, 0.6) is 0 Å². The van der Waals surface area contributed by atoms with E-state index in [0.29, 0.717) is 11.8 Å². The summed E-state index contributed by atoms with van der Waals surface area (Å²) in [4.78, 5) is 4.85. The summed E-state index contributed by atoms with van der Waals surface area (Å²) in [6, 6.07) is 90.1. The number of para-hydroxylation sites is 4. The predicted octanol–water partition coefficient (Wildman–Crippen LogP) is 21.3. The van der Waals surface area contributed by atoms with Crippen LogP contribution in [0.25, 0.3) is 87.7 Å². The van der Waals surface area contributed by atoms with Crippen LogP contribution in [0, 0.1) is 0 Å². The smallest absolute Gasteiger partial charge is 0.159 e. The van der Waals surface area contributed by atoms with E-state index in [4.69, 9.17) is 8.83 Å². The summed E-state index contributed by atoms with van der Waals surface area (Å²) < 4.78 is 13.7. The van der Waals surface area contributed by atoms with Gasteiger partial charge < -0.3 is 18.6 Å². The van der Waals surface area contributed by atoms with E-state index >= 15 is 0 Å². The summed E-state index contributed by atoms with van der Waals surface area (Å²) in [5, 5.41) is 9.17. The molecule has 2 heterocycles. The van der Waals surface area contributed by atoms with Crippen molar-refractivity contribution in [3.8, 4) is 22.3 Å². The molecule has 4 heteroatoms. The number of benzene rings is 12. The van der Waals surface area contributed by atoms with Gasteiger partial charge in [-0.05, 0) is 150 Å². The largest absolute Gasteiger partial charge is 0.454 e. The molecule has 0 fully saturated rings. The van der Waals surface area contributed by atoms with Crippen LogP contribution in [0.3, 0.4) is 0 Å². The highest BCUT2D eigenvalue weighted by molar-refractivity contribution is 6.17. The molecule has 14 aromatic rings. The molecule has 2 aliphatic rings. The van der Waals surface area contributed by atoms with E-state index in [9.17, 15) is 0 Å². The van der Waals surface area contributed by atoms with Crippen molar-refractivity contribution in [1.82, 2.24) is 0 Å². The van der Waals surface area contributed by atoms with Crippen molar-refractivity contribution in [2.45, 2.75) is 44.9 Å². The summed E-state index contributed by atoms with van der Waals surface area (Å²) in [7, 11) is 0. The normalized spacial score (nSPS) is 13.1. The monoisotopic (exact) mass is 1010 g/mol. The van der Waals surface area contributed by atoms with Gasteiger partial charge in [0.05, 0.1) is 22.5 Å². The van der Waals surface area contributed by atoms with Gasteiger partial charge in [0.2, 0.25) is 0 Å². The number of rotatable bonds is 8. The zero-order valence-electron chi connectivity index (χ0n) is 44.5. The Morgan fingerprint density at radius 3 is 1.39 bits per heavy atom. The molecule has 0 N–H and O–H groups in total. The van der Waals surface area contributed by atoms with Crippen LogP contribution in [0.15, 0.2) is 251 Å². The lowest BCUT2D eigenvalue weighted by Gasteiger charge is -2.34. The van der Waals surface area contributed by atoms with Gasteiger partial charge in [0.25, 0.3) is 0 Å². The molecule has 0 aliphatic heterocycles. The number of anilines is 6. The lowest BCUT2D eigenvalue weighted by Crippen LogP contribution is -2.26. The van der Waals surface area contributed by atoms with Crippen molar-refractivity contribution in [1.29, 1.82) is 0 Å². The fourth-order valence-electron chi connectivity index (χ4n) is 13.8. The molecule has 16 rings (SSSR count). The maximum Gasteiger partial charge on any atom is 0.159 e. The minimum Gasteiger partial charge on any atom is -0.454 e. The first-order chi connectivity index (χ1) is 38.8. The van der Waals surface area contributed by atoms with E-state index in [-0.39, 0.29) is 0 Å². The van der Waals surface area contributed by atoms with Crippen LogP contribution in [0.1, 0.15) is 72.9 Å². The van der Waals surface area contributed by atoms with Gasteiger partial charge in [-0.25, -0.2) is 0 Å². The van der Waals surface area contributed by atoms with Crippen molar-refractivity contribution >= 4 is 99.5 Å². The Kier molecular flexibility index (Phi) is 9.91. The first kappa shape index (κ1) is 45.5. The van der Waals surface area contributed by atoms with E-state index in [1.54, 1.807) is 0 Å². The van der Waals surface area contributed by atoms with Gasteiger partial charge in [-0.3, -0.25) is 0 Å². The predicted molar refractivity (Wildman–Crippen MR) is 330 cm³/mol. The molecule has 0 saturated carbocycles. The Morgan fingerprint density at radius 2 is 0.810 bits per heavy atom. The van der Waals surface area contributed by atoms with Crippen molar-refractivity contribution in [2.24, 2.45) is 0 Å². The lowest BCUT2D eigenvalue weighted by molar-refractivity contribution is 0.668.